The maximum absolute atomic E-state index is 9.93. The van der Waals surface area contributed by atoms with Gasteiger partial charge in [0.2, 0.25) is 0 Å². The standard InChI is InChI=1S/C9H8N2O/c10-9-8(4-1-2-7-12)5-3-6-11-9/h3,5-7H,2H2,(H2,10,11). The van der Waals surface area contributed by atoms with Crippen molar-refractivity contribution in [1.29, 1.82) is 0 Å². The van der Waals surface area contributed by atoms with E-state index in [9.17, 15) is 4.79 Å². The zero-order valence-electron chi connectivity index (χ0n) is 6.45. The Morgan fingerprint density at radius 2 is 2.50 bits per heavy atom. The topological polar surface area (TPSA) is 56.0 Å². The summed E-state index contributed by atoms with van der Waals surface area (Å²) in [6, 6.07) is 3.52. The Morgan fingerprint density at radius 3 is 3.17 bits per heavy atom. The number of anilines is 1. The summed E-state index contributed by atoms with van der Waals surface area (Å²) in [6.07, 6.45) is 2.58. The summed E-state index contributed by atoms with van der Waals surface area (Å²) in [5.41, 5.74) is 6.17. The van der Waals surface area contributed by atoms with Crippen molar-refractivity contribution in [3.05, 3.63) is 23.9 Å². The molecular formula is C9H8N2O. The molecule has 0 bridgehead atoms. The first-order valence-corrected chi connectivity index (χ1v) is 3.47. The summed E-state index contributed by atoms with van der Waals surface area (Å²) >= 11 is 0. The third-order valence-electron chi connectivity index (χ3n) is 1.25. The second-order valence-electron chi connectivity index (χ2n) is 2.11. The Hall–Kier alpha value is -1.82. The molecule has 1 heterocycles. The number of hydrogen-bond donors (Lipinski definition) is 1. The molecule has 3 heteroatoms. The lowest BCUT2D eigenvalue weighted by Crippen LogP contribution is -1.92. The molecule has 2 N–H and O–H groups in total. The highest BCUT2D eigenvalue weighted by Gasteiger charge is 1.91. The molecule has 12 heavy (non-hydrogen) atoms. The van der Waals surface area contributed by atoms with Crippen LogP contribution in [0.5, 0.6) is 0 Å². The van der Waals surface area contributed by atoms with Gasteiger partial charge in [0, 0.05) is 6.20 Å². The highest BCUT2D eigenvalue weighted by atomic mass is 16.1. The molecule has 1 aromatic rings. The minimum Gasteiger partial charge on any atom is -0.383 e. The number of hydrogen-bond acceptors (Lipinski definition) is 3. The van der Waals surface area contributed by atoms with E-state index < -0.39 is 0 Å². The number of nitrogen functional groups attached to an aromatic ring is 1. The number of aromatic nitrogens is 1. The fourth-order valence-electron chi connectivity index (χ4n) is 0.711. The molecule has 0 amide bonds. The minimum atomic E-state index is 0.230. The van der Waals surface area contributed by atoms with E-state index in [-0.39, 0.29) is 6.42 Å². The molecule has 0 radical (unpaired) electrons. The molecule has 0 aliphatic rings. The molecule has 0 atom stereocenters. The number of carbonyl (C=O) groups excluding carboxylic acids is 1. The van der Waals surface area contributed by atoms with Crippen LogP contribution in [0.1, 0.15) is 12.0 Å². The highest BCUT2D eigenvalue weighted by molar-refractivity contribution is 5.57. The Morgan fingerprint density at radius 1 is 1.67 bits per heavy atom. The zero-order valence-corrected chi connectivity index (χ0v) is 6.45. The van der Waals surface area contributed by atoms with Crippen LogP contribution in [0.2, 0.25) is 0 Å². The van der Waals surface area contributed by atoms with E-state index in [2.05, 4.69) is 16.8 Å². The summed E-state index contributed by atoms with van der Waals surface area (Å²) in [5.74, 6) is 5.80. The molecule has 1 rings (SSSR count). The number of nitrogens with two attached hydrogens (primary N) is 1. The van der Waals surface area contributed by atoms with Gasteiger partial charge in [-0.2, -0.15) is 0 Å². The summed E-state index contributed by atoms with van der Waals surface area (Å²) in [7, 11) is 0. The van der Waals surface area contributed by atoms with Crippen molar-refractivity contribution in [1.82, 2.24) is 4.98 Å². The van der Waals surface area contributed by atoms with Crippen molar-refractivity contribution >= 4 is 12.1 Å². The van der Waals surface area contributed by atoms with Crippen molar-refractivity contribution < 1.29 is 4.79 Å². The number of nitrogens with zero attached hydrogens (tertiary/aromatic N) is 1. The van der Waals surface area contributed by atoms with Gasteiger partial charge in [0.25, 0.3) is 0 Å². The lowest BCUT2D eigenvalue weighted by atomic mass is 10.2. The Balaban J connectivity index is 2.84. The summed E-state index contributed by atoms with van der Waals surface area (Å²) < 4.78 is 0. The molecule has 3 nitrogen and oxygen atoms in total. The predicted octanol–water partition coefficient (Wildman–Crippen LogP) is 0.604. The van der Waals surface area contributed by atoms with Gasteiger partial charge in [0.1, 0.15) is 12.1 Å². The van der Waals surface area contributed by atoms with Crippen LogP contribution in [0, 0.1) is 11.8 Å². The third kappa shape index (κ3) is 2.10. The highest BCUT2D eigenvalue weighted by Crippen LogP contribution is 2.03. The van der Waals surface area contributed by atoms with Gasteiger partial charge in [-0.1, -0.05) is 11.8 Å². The number of rotatable bonds is 1. The van der Waals surface area contributed by atoms with Gasteiger partial charge in [-0.05, 0) is 12.1 Å². The maximum Gasteiger partial charge on any atom is 0.139 e. The SMILES string of the molecule is Nc1ncccc1C#CCC=O. The van der Waals surface area contributed by atoms with Gasteiger partial charge in [0.15, 0.2) is 0 Å². The lowest BCUT2D eigenvalue weighted by molar-refractivity contribution is -0.107. The average molecular weight is 160 g/mol. The maximum atomic E-state index is 9.93. The Bertz CT molecular complexity index is 336. The molecule has 1 aromatic heterocycles. The monoisotopic (exact) mass is 160 g/mol. The summed E-state index contributed by atoms with van der Waals surface area (Å²) in [4.78, 5) is 13.8. The van der Waals surface area contributed by atoms with E-state index >= 15 is 0 Å². The van der Waals surface area contributed by atoms with Crippen LogP contribution in [-0.4, -0.2) is 11.3 Å². The lowest BCUT2D eigenvalue weighted by Gasteiger charge is -1.92. The molecule has 0 aliphatic heterocycles. The van der Waals surface area contributed by atoms with Gasteiger partial charge in [-0.3, -0.25) is 0 Å². The third-order valence-corrected chi connectivity index (χ3v) is 1.25. The van der Waals surface area contributed by atoms with Crippen molar-refractivity contribution in [3.63, 3.8) is 0 Å². The van der Waals surface area contributed by atoms with Crippen LogP contribution in [0.15, 0.2) is 18.3 Å². The van der Waals surface area contributed by atoms with Crippen molar-refractivity contribution in [3.8, 4) is 11.8 Å². The van der Waals surface area contributed by atoms with E-state index in [1.54, 1.807) is 18.3 Å². The fraction of sp³-hybridized carbons (Fsp3) is 0.111. The van der Waals surface area contributed by atoms with Gasteiger partial charge >= 0.3 is 0 Å². The number of pyridine rings is 1. The van der Waals surface area contributed by atoms with Gasteiger partial charge in [0.05, 0.1) is 12.0 Å². The van der Waals surface area contributed by atoms with E-state index in [1.165, 1.54) is 0 Å². The van der Waals surface area contributed by atoms with Crippen LogP contribution in [0.25, 0.3) is 0 Å². The fourth-order valence-corrected chi connectivity index (χ4v) is 0.711. The molecule has 60 valence electrons. The van der Waals surface area contributed by atoms with Crippen LogP contribution in [-0.2, 0) is 4.79 Å². The van der Waals surface area contributed by atoms with Crippen LogP contribution >= 0.6 is 0 Å². The van der Waals surface area contributed by atoms with E-state index in [4.69, 9.17) is 5.73 Å². The molecule has 0 spiro atoms. The molecule has 0 fully saturated rings. The molecular weight excluding hydrogens is 152 g/mol. The van der Waals surface area contributed by atoms with Crippen molar-refractivity contribution in [2.75, 3.05) is 5.73 Å². The molecule has 0 saturated carbocycles. The van der Waals surface area contributed by atoms with Crippen LogP contribution in [0.3, 0.4) is 0 Å². The predicted molar refractivity (Wildman–Crippen MR) is 46.2 cm³/mol. The Kier molecular flexibility index (Phi) is 2.86. The summed E-state index contributed by atoms with van der Waals surface area (Å²) in [6.45, 7) is 0. The van der Waals surface area contributed by atoms with Crippen LogP contribution < -0.4 is 5.73 Å². The second kappa shape index (κ2) is 4.14. The normalized spacial score (nSPS) is 8.33. The smallest absolute Gasteiger partial charge is 0.139 e. The first kappa shape index (κ1) is 8.28. The molecule has 0 aliphatic carbocycles. The van der Waals surface area contributed by atoms with E-state index in [1.807, 2.05) is 0 Å². The molecule has 0 unspecified atom stereocenters. The van der Waals surface area contributed by atoms with E-state index in [0.717, 1.165) is 6.29 Å². The number of carbonyl (C=O) groups is 1. The zero-order chi connectivity index (χ0) is 8.81. The van der Waals surface area contributed by atoms with Crippen molar-refractivity contribution in [2.45, 2.75) is 6.42 Å². The average Bonchev–Trinajstić information content (AvgIpc) is 2.09. The largest absolute Gasteiger partial charge is 0.383 e. The van der Waals surface area contributed by atoms with Gasteiger partial charge < -0.3 is 10.5 Å². The minimum absolute atomic E-state index is 0.230. The quantitative estimate of drug-likeness (QED) is 0.483. The summed E-state index contributed by atoms with van der Waals surface area (Å²) in [5, 5.41) is 0. The number of aldehydes is 1. The van der Waals surface area contributed by atoms with Gasteiger partial charge in [-0.15, -0.1) is 0 Å². The first-order chi connectivity index (χ1) is 5.84. The molecule has 0 saturated heterocycles. The Labute approximate surface area is 70.6 Å². The van der Waals surface area contributed by atoms with Crippen LogP contribution in [0.4, 0.5) is 5.82 Å². The first-order valence-electron chi connectivity index (χ1n) is 3.47. The van der Waals surface area contributed by atoms with Gasteiger partial charge in [-0.25, -0.2) is 4.98 Å². The van der Waals surface area contributed by atoms with Crippen molar-refractivity contribution in [2.24, 2.45) is 0 Å². The second-order valence-corrected chi connectivity index (χ2v) is 2.11. The molecule has 0 aromatic carbocycles. The van der Waals surface area contributed by atoms with E-state index in [0.29, 0.717) is 11.4 Å².